The summed E-state index contributed by atoms with van der Waals surface area (Å²) in [6.07, 6.45) is 0. The van der Waals surface area contributed by atoms with Crippen LogP contribution >= 0.6 is 12.6 Å². The number of rotatable bonds is 5. The number of hydrogen-bond acceptors (Lipinski definition) is 3. The highest BCUT2D eigenvalue weighted by Crippen LogP contribution is 2.29. The molecular weight excluding hydrogens is 246 g/mol. The smallest absolute Gasteiger partial charge is 0.229 e. The molecule has 0 saturated heterocycles. The van der Waals surface area contributed by atoms with E-state index in [1.807, 2.05) is 13.0 Å². The topological polar surface area (TPSA) is 38.3 Å². The molecule has 0 bridgehead atoms. The molecule has 18 heavy (non-hydrogen) atoms. The van der Waals surface area contributed by atoms with Crippen LogP contribution in [0.5, 0.6) is 5.75 Å². The monoisotopic (exact) mass is 267 g/mol. The van der Waals surface area contributed by atoms with Crippen LogP contribution in [-0.4, -0.2) is 18.8 Å². The van der Waals surface area contributed by atoms with Crippen molar-refractivity contribution < 1.29 is 9.53 Å². The Bertz CT molecular complexity index is 430. The van der Waals surface area contributed by atoms with Crippen LogP contribution in [0.25, 0.3) is 0 Å². The number of carbonyl (C=O) groups is 1. The number of thiol groups is 1. The fraction of sp³-hybridized carbons (Fsp3) is 0.500. The minimum absolute atomic E-state index is 0.0559. The Hall–Kier alpha value is -1.16. The van der Waals surface area contributed by atoms with Crippen LogP contribution in [0.2, 0.25) is 0 Å². The number of ether oxygens (including phenoxy) is 1. The highest BCUT2D eigenvalue weighted by Gasteiger charge is 2.11. The van der Waals surface area contributed by atoms with Gasteiger partial charge < -0.3 is 10.1 Å². The SMILES string of the molecule is COc1cc(C)c(CNC(=O)CS)cc1C(C)C. The van der Waals surface area contributed by atoms with E-state index in [1.165, 1.54) is 5.56 Å². The van der Waals surface area contributed by atoms with E-state index < -0.39 is 0 Å². The summed E-state index contributed by atoms with van der Waals surface area (Å²) in [5.74, 6) is 1.46. The van der Waals surface area contributed by atoms with Crippen LogP contribution in [0.3, 0.4) is 0 Å². The number of amides is 1. The van der Waals surface area contributed by atoms with Crippen LogP contribution < -0.4 is 10.1 Å². The van der Waals surface area contributed by atoms with E-state index in [1.54, 1.807) is 7.11 Å². The standard InChI is InChI=1S/C14H21NO2S/c1-9(2)12-6-11(7-15-14(16)8-18)10(3)5-13(12)17-4/h5-6,9,18H,7-8H2,1-4H3,(H,15,16). The molecule has 0 unspecified atom stereocenters. The van der Waals surface area contributed by atoms with Crippen molar-refractivity contribution in [3.63, 3.8) is 0 Å². The third kappa shape index (κ3) is 3.67. The van der Waals surface area contributed by atoms with Crippen molar-refractivity contribution in [2.75, 3.05) is 12.9 Å². The third-order valence-electron chi connectivity index (χ3n) is 2.93. The molecule has 0 aliphatic carbocycles. The zero-order chi connectivity index (χ0) is 13.7. The Balaban J connectivity index is 2.98. The average Bonchev–Trinajstić information content (AvgIpc) is 2.35. The molecule has 1 N–H and O–H groups in total. The van der Waals surface area contributed by atoms with Gasteiger partial charge in [0, 0.05) is 6.54 Å². The van der Waals surface area contributed by atoms with E-state index in [0.29, 0.717) is 12.5 Å². The quantitative estimate of drug-likeness (QED) is 0.805. The normalized spacial score (nSPS) is 10.6. The lowest BCUT2D eigenvalue weighted by Crippen LogP contribution is -2.24. The number of carbonyl (C=O) groups excluding carboxylic acids is 1. The first-order valence-corrected chi connectivity index (χ1v) is 6.67. The Morgan fingerprint density at radius 3 is 2.61 bits per heavy atom. The van der Waals surface area contributed by atoms with Gasteiger partial charge in [0.1, 0.15) is 5.75 Å². The number of methoxy groups -OCH3 is 1. The van der Waals surface area contributed by atoms with Crippen LogP contribution in [0.4, 0.5) is 0 Å². The molecule has 1 aromatic rings. The van der Waals surface area contributed by atoms with Crippen molar-refractivity contribution in [2.24, 2.45) is 0 Å². The Kier molecular flexibility index (Phi) is 5.54. The molecule has 1 aromatic carbocycles. The number of nitrogens with one attached hydrogen (secondary N) is 1. The van der Waals surface area contributed by atoms with Crippen LogP contribution in [0, 0.1) is 6.92 Å². The Morgan fingerprint density at radius 1 is 1.44 bits per heavy atom. The predicted octanol–water partition coefficient (Wildman–Crippen LogP) is 2.67. The predicted molar refractivity (Wildman–Crippen MR) is 77.5 cm³/mol. The Labute approximate surface area is 114 Å². The molecule has 3 nitrogen and oxygen atoms in total. The number of hydrogen-bond donors (Lipinski definition) is 2. The van der Waals surface area contributed by atoms with Gasteiger partial charge in [0.15, 0.2) is 0 Å². The maximum absolute atomic E-state index is 11.2. The van der Waals surface area contributed by atoms with Crippen molar-refractivity contribution in [3.05, 3.63) is 28.8 Å². The molecule has 4 heteroatoms. The molecule has 0 aliphatic heterocycles. The second-order valence-corrected chi connectivity index (χ2v) is 4.93. The van der Waals surface area contributed by atoms with Gasteiger partial charge in [-0.3, -0.25) is 4.79 Å². The summed E-state index contributed by atoms with van der Waals surface area (Å²) < 4.78 is 5.39. The molecule has 1 rings (SSSR count). The summed E-state index contributed by atoms with van der Waals surface area (Å²) >= 11 is 3.94. The maximum Gasteiger partial charge on any atom is 0.229 e. The molecule has 1 amide bonds. The number of benzene rings is 1. The summed E-state index contributed by atoms with van der Waals surface area (Å²) in [5, 5.41) is 2.84. The molecule has 0 fully saturated rings. The lowest BCUT2D eigenvalue weighted by Gasteiger charge is -2.16. The van der Waals surface area contributed by atoms with E-state index in [9.17, 15) is 4.79 Å². The van der Waals surface area contributed by atoms with Crippen LogP contribution in [0.15, 0.2) is 12.1 Å². The summed E-state index contributed by atoms with van der Waals surface area (Å²) in [7, 11) is 1.68. The van der Waals surface area contributed by atoms with Crippen molar-refractivity contribution in [3.8, 4) is 5.75 Å². The Morgan fingerprint density at radius 2 is 2.11 bits per heavy atom. The van der Waals surface area contributed by atoms with Gasteiger partial charge in [-0.15, -0.1) is 0 Å². The fourth-order valence-corrected chi connectivity index (χ4v) is 1.93. The average molecular weight is 267 g/mol. The summed E-state index contributed by atoms with van der Waals surface area (Å²) in [6, 6.07) is 4.13. The summed E-state index contributed by atoms with van der Waals surface area (Å²) in [6.45, 7) is 6.82. The molecule has 0 heterocycles. The van der Waals surface area contributed by atoms with Crippen LogP contribution in [-0.2, 0) is 11.3 Å². The van der Waals surface area contributed by atoms with E-state index in [2.05, 4.69) is 37.9 Å². The second-order valence-electron chi connectivity index (χ2n) is 4.61. The van der Waals surface area contributed by atoms with Gasteiger partial charge in [0.2, 0.25) is 5.91 Å². The molecule has 0 atom stereocenters. The van der Waals surface area contributed by atoms with E-state index >= 15 is 0 Å². The molecule has 0 radical (unpaired) electrons. The largest absolute Gasteiger partial charge is 0.496 e. The van der Waals surface area contributed by atoms with Gasteiger partial charge in [0.05, 0.1) is 12.9 Å². The van der Waals surface area contributed by atoms with Gasteiger partial charge in [-0.05, 0) is 41.7 Å². The maximum atomic E-state index is 11.2. The van der Waals surface area contributed by atoms with Crippen molar-refractivity contribution in [1.29, 1.82) is 0 Å². The first-order chi connectivity index (χ1) is 8.49. The second kappa shape index (κ2) is 6.69. The van der Waals surface area contributed by atoms with E-state index in [0.717, 1.165) is 16.9 Å². The highest BCUT2D eigenvalue weighted by atomic mass is 32.1. The lowest BCUT2D eigenvalue weighted by molar-refractivity contribution is -0.118. The van der Waals surface area contributed by atoms with Gasteiger partial charge in [-0.2, -0.15) is 12.6 Å². The lowest BCUT2D eigenvalue weighted by atomic mass is 9.96. The number of aryl methyl sites for hydroxylation is 1. The molecular formula is C14H21NO2S. The van der Waals surface area contributed by atoms with Crippen LogP contribution in [0.1, 0.15) is 36.5 Å². The zero-order valence-electron chi connectivity index (χ0n) is 11.4. The van der Waals surface area contributed by atoms with Gasteiger partial charge in [0.25, 0.3) is 0 Å². The highest BCUT2D eigenvalue weighted by molar-refractivity contribution is 7.81. The van der Waals surface area contributed by atoms with Gasteiger partial charge in [-0.1, -0.05) is 13.8 Å². The fourth-order valence-electron chi connectivity index (χ4n) is 1.81. The first-order valence-electron chi connectivity index (χ1n) is 6.04. The molecule has 0 aliphatic rings. The first kappa shape index (κ1) is 14.9. The molecule has 0 saturated carbocycles. The zero-order valence-corrected chi connectivity index (χ0v) is 12.3. The van der Waals surface area contributed by atoms with Gasteiger partial charge >= 0.3 is 0 Å². The van der Waals surface area contributed by atoms with Crippen molar-refractivity contribution >= 4 is 18.5 Å². The van der Waals surface area contributed by atoms with E-state index in [4.69, 9.17) is 4.74 Å². The minimum atomic E-state index is -0.0559. The molecule has 0 aromatic heterocycles. The van der Waals surface area contributed by atoms with E-state index in [-0.39, 0.29) is 11.7 Å². The van der Waals surface area contributed by atoms with Crippen molar-refractivity contribution in [2.45, 2.75) is 33.2 Å². The minimum Gasteiger partial charge on any atom is -0.496 e. The molecule has 0 spiro atoms. The molecule has 100 valence electrons. The third-order valence-corrected chi connectivity index (χ3v) is 3.22. The van der Waals surface area contributed by atoms with Gasteiger partial charge in [-0.25, -0.2) is 0 Å². The summed E-state index contributed by atoms with van der Waals surface area (Å²) in [5.41, 5.74) is 3.41. The van der Waals surface area contributed by atoms with Crippen molar-refractivity contribution in [1.82, 2.24) is 5.32 Å². The summed E-state index contributed by atoms with van der Waals surface area (Å²) in [4.78, 5) is 11.2.